The number of carbonyl (C=O) groups is 1. The maximum absolute atomic E-state index is 10.4. The van der Waals surface area contributed by atoms with Crippen LogP contribution in [0.3, 0.4) is 0 Å². The van der Waals surface area contributed by atoms with E-state index in [4.69, 9.17) is 9.47 Å². The van der Waals surface area contributed by atoms with Gasteiger partial charge in [-0.05, 0) is 6.92 Å². The van der Waals surface area contributed by atoms with Crippen molar-refractivity contribution in [3.05, 3.63) is 0 Å². The van der Waals surface area contributed by atoms with Crippen LogP contribution in [0.1, 0.15) is 6.92 Å². The molecule has 0 aromatic rings. The van der Waals surface area contributed by atoms with Crippen molar-refractivity contribution in [2.75, 3.05) is 33.0 Å². The number of Topliss-reactive ketones (excluding diaryl/α,β-unsaturated/α-hetero) is 1. The third-order valence-corrected chi connectivity index (χ3v) is 1.56. The van der Waals surface area contributed by atoms with Crippen molar-refractivity contribution in [2.45, 2.75) is 6.92 Å². The van der Waals surface area contributed by atoms with Gasteiger partial charge < -0.3 is 9.47 Å². The van der Waals surface area contributed by atoms with Crippen molar-refractivity contribution in [2.24, 2.45) is 0 Å². The lowest BCUT2D eigenvalue weighted by Crippen LogP contribution is -2.14. The smallest absolute Gasteiger partial charge is 0.155 e. The normalized spacial score (nSPS) is 10.2. The van der Waals surface area contributed by atoms with Gasteiger partial charge in [0.2, 0.25) is 0 Å². The zero-order valence-corrected chi connectivity index (χ0v) is 9.30. The number of hydrogen-bond acceptors (Lipinski definition) is 4. The molecule has 1 N–H and O–H groups in total. The molecular formula is C7H14INO3. The minimum atomic E-state index is 0.0453. The van der Waals surface area contributed by atoms with Gasteiger partial charge in [0.05, 0.1) is 19.8 Å². The molecule has 0 fully saturated rings. The van der Waals surface area contributed by atoms with Crippen LogP contribution in [0.4, 0.5) is 0 Å². The Bertz CT molecular complexity index is 121. The van der Waals surface area contributed by atoms with Gasteiger partial charge >= 0.3 is 0 Å². The number of nitrogens with one attached hydrogen (secondary N) is 1. The zero-order chi connectivity index (χ0) is 9.23. The van der Waals surface area contributed by atoms with Gasteiger partial charge in [-0.2, -0.15) is 0 Å². The van der Waals surface area contributed by atoms with Crippen LogP contribution < -0.4 is 3.53 Å². The van der Waals surface area contributed by atoms with E-state index in [1.54, 1.807) is 0 Å². The van der Waals surface area contributed by atoms with Gasteiger partial charge in [-0.25, -0.2) is 0 Å². The maximum atomic E-state index is 10.4. The lowest BCUT2D eigenvalue weighted by molar-refractivity contribution is -0.121. The molecule has 0 spiro atoms. The molecule has 4 nitrogen and oxygen atoms in total. The number of ketones is 1. The molecule has 0 rings (SSSR count). The second-order valence-corrected chi connectivity index (χ2v) is 3.01. The lowest BCUT2D eigenvalue weighted by atomic mass is 10.5. The third kappa shape index (κ3) is 10.3. The van der Waals surface area contributed by atoms with E-state index in [0.29, 0.717) is 19.8 Å². The summed E-state index contributed by atoms with van der Waals surface area (Å²) < 4.78 is 13.1. The van der Waals surface area contributed by atoms with E-state index in [2.05, 4.69) is 26.4 Å². The first-order valence-corrected chi connectivity index (χ1v) is 4.83. The molecule has 0 aliphatic carbocycles. The van der Waals surface area contributed by atoms with Crippen molar-refractivity contribution in [1.29, 1.82) is 0 Å². The van der Waals surface area contributed by atoms with Crippen LogP contribution in [0.2, 0.25) is 0 Å². The Morgan fingerprint density at radius 1 is 1.33 bits per heavy atom. The van der Waals surface area contributed by atoms with Crippen molar-refractivity contribution in [1.82, 2.24) is 3.53 Å². The molecule has 12 heavy (non-hydrogen) atoms. The predicted molar refractivity (Wildman–Crippen MR) is 54.3 cm³/mol. The number of hydrogen-bond donors (Lipinski definition) is 1. The Kier molecular flexibility index (Phi) is 9.59. The second kappa shape index (κ2) is 9.37. The topological polar surface area (TPSA) is 47.6 Å². The Hall–Kier alpha value is 0.280. The fourth-order valence-corrected chi connectivity index (χ4v) is 0.767. The monoisotopic (exact) mass is 287 g/mol. The summed E-state index contributed by atoms with van der Waals surface area (Å²) in [5.74, 6) is 0.0453. The summed E-state index contributed by atoms with van der Waals surface area (Å²) in [5.41, 5.74) is 0. The predicted octanol–water partition coefficient (Wildman–Crippen LogP) is 0.548. The summed E-state index contributed by atoms with van der Waals surface area (Å²) in [7, 11) is 0. The summed E-state index contributed by atoms with van der Waals surface area (Å²) in [6.45, 7) is 4.22. The quantitative estimate of drug-likeness (QED) is 0.402. The molecule has 72 valence electrons. The molecule has 0 bridgehead atoms. The van der Waals surface area contributed by atoms with Crippen molar-refractivity contribution in [3.63, 3.8) is 0 Å². The minimum absolute atomic E-state index is 0.0453. The van der Waals surface area contributed by atoms with E-state index in [9.17, 15) is 4.79 Å². The molecule has 0 aliphatic heterocycles. The molecule has 0 aromatic carbocycles. The van der Waals surface area contributed by atoms with Gasteiger partial charge in [0.1, 0.15) is 6.61 Å². The van der Waals surface area contributed by atoms with E-state index in [1.165, 1.54) is 6.92 Å². The average molecular weight is 287 g/mol. The van der Waals surface area contributed by atoms with Crippen LogP contribution in [0, 0.1) is 0 Å². The van der Waals surface area contributed by atoms with Crippen molar-refractivity contribution < 1.29 is 14.3 Å². The highest BCUT2D eigenvalue weighted by molar-refractivity contribution is 14.1. The highest BCUT2D eigenvalue weighted by atomic mass is 127. The number of halogens is 1. The number of rotatable bonds is 8. The first-order valence-electron chi connectivity index (χ1n) is 3.75. The highest BCUT2D eigenvalue weighted by Gasteiger charge is 1.92. The molecule has 0 aliphatic rings. The van der Waals surface area contributed by atoms with Crippen LogP contribution in [0.15, 0.2) is 0 Å². The van der Waals surface area contributed by atoms with Gasteiger partial charge in [-0.1, -0.05) is 0 Å². The van der Waals surface area contributed by atoms with Crippen LogP contribution >= 0.6 is 22.9 Å². The highest BCUT2D eigenvalue weighted by Crippen LogP contribution is 1.80. The fraction of sp³-hybridized carbons (Fsp3) is 0.857. The largest absolute Gasteiger partial charge is 0.378 e. The van der Waals surface area contributed by atoms with Gasteiger partial charge in [-0.3, -0.25) is 8.32 Å². The molecule has 0 radical (unpaired) electrons. The molecule has 0 unspecified atom stereocenters. The SMILES string of the molecule is CC(=O)COCCOCCNI. The lowest BCUT2D eigenvalue weighted by Gasteiger charge is -2.03. The van der Waals surface area contributed by atoms with Gasteiger partial charge in [0, 0.05) is 29.4 Å². The number of carbonyl (C=O) groups excluding carboxylic acids is 1. The summed E-state index contributed by atoms with van der Waals surface area (Å²) >= 11 is 2.06. The minimum Gasteiger partial charge on any atom is -0.378 e. The molecule has 0 heterocycles. The summed E-state index contributed by atoms with van der Waals surface area (Å²) in [5, 5.41) is 0. The summed E-state index contributed by atoms with van der Waals surface area (Å²) in [6, 6.07) is 0. The molecule has 0 aromatic heterocycles. The number of ether oxygens (including phenoxy) is 2. The molecule has 0 saturated heterocycles. The van der Waals surface area contributed by atoms with Gasteiger partial charge in [0.15, 0.2) is 5.78 Å². The van der Waals surface area contributed by atoms with Gasteiger partial charge in [0.25, 0.3) is 0 Å². The van der Waals surface area contributed by atoms with E-state index >= 15 is 0 Å². The van der Waals surface area contributed by atoms with E-state index in [0.717, 1.165) is 6.54 Å². The first kappa shape index (κ1) is 12.3. The zero-order valence-electron chi connectivity index (χ0n) is 7.14. The Morgan fingerprint density at radius 2 is 2.00 bits per heavy atom. The van der Waals surface area contributed by atoms with Crippen LogP contribution in [0.25, 0.3) is 0 Å². The van der Waals surface area contributed by atoms with Crippen LogP contribution in [0.5, 0.6) is 0 Å². The molecular weight excluding hydrogens is 273 g/mol. The second-order valence-electron chi connectivity index (χ2n) is 2.25. The molecule has 0 saturated carbocycles. The summed E-state index contributed by atoms with van der Waals surface area (Å²) in [6.07, 6.45) is 0. The van der Waals surface area contributed by atoms with E-state index < -0.39 is 0 Å². The van der Waals surface area contributed by atoms with E-state index in [-0.39, 0.29) is 12.4 Å². The van der Waals surface area contributed by atoms with Crippen molar-refractivity contribution >= 4 is 28.6 Å². The fourth-order valence-electron chi connectivity index (χ4n) is 0.547. The maximum Gasteiger partial charge on any atom is 0.155 e. The summed E-state index contributed by atoms with van der Waals surface area (Å²) in [4.78, 5) is 10.4. The third-order valence-electron chi connectivity index (χ3n) is 1.02. The Labute approximate surface area is 86.5 Å². The first-order chi connectivity index (χ1) is 5.77. The average Bonchev–Trinajstić information content (AvgIpc) is 2.02. The molecule has 0 atom stereocenters. The van der Waals surface area contributed by atoms with Crippen molar-refractivity contribution in [3.8, 4) is 0 Å². The molecule has 0 amide bonds. The molecule has 5 heteroatoms. The van der Waals surface area contributed by atoms with Crippen LogP contribution in [-0.4, -0.2) is 38.8 Å². The van der Waals surface area contributed by atoms with Gasteiger partial charge in [-0.15, -0.1) is 0 Å². The standard InChI is InChI=1S/C7H14INO3/c1-7(10)6-12-5-4-11-3-2-9-8/h9H,2-6H2,1H3. The van der Waals surface area contributed by atoms with E-state index in [1.807, 2.05) is 0 Å². The Morgan fingerprint density at radius 3 is 2.58 bits per heavy atom. The Balaban J connectivity index is 2.86. The van der Waals surface area contributed by atoms with Crippen LogP contribution in [-0.2, 0) is 14.3 Å².